The number of hydrogen-bond donors (Lipinski definition) is 1. The molecule has 1 rings (SSSR count). The number of nitrogens with one attached hydrogen (secondary N) is 1. The van der Waals surface area contributed by atoms with Crippen molar-refractivity contribution in [1.29, 1.82) is 0 Å². The van der Waals surface area contributed by atoms with Crippen molar-refractivity contribution in [3.63, 3.8) is 0 Å². The lowest BCUT2D eigenvalue weighted by Crippen LogP contribution is -2.14. The Hall–Kier alpha value is -0.0200. The van der Waals surface area contributed by atoms with E-state index in [2.05, 4.69) is 10.3 Å². The molecule has 0 saturated heterocycles. The van der Waals surface area contributed by atoms with Gasteiger partial charge in [-0.25, -0.2) is 0 Å². The summed E-state index contributed by atoms with van der Waals surface area (Å²) in [5, 5.41) is 4.31. The largest absolute Gasteiger partial charge is 0.314 e. The minimum absolute atomic E-state index is 0.949. The van der Waals surface area contributed by atoms with Crippen molar-refractivity contribution >= 4 is 16.8 Å². The van der Waals surface area contributed by atoms with E-state index in [-0.39, 0.29) is 0 Å². The molecule has 0 unspecified atom stereocenters. The highest BCUT2D eigenvalue weighted by Crippen LogP contribution is 2.09. The summed E-state index contributed by atoms with van der Waals surface area (Å²) in [5.74, 6) is 1.18. The van der Waals surface area contributed by atoms with E-state index < -0.39 is 0 Å². The molecule has 1 heterocycles. The van der Waals surface area contributed by atoms with Crippen molar-refractivity contribution < 1.29 is 0 Å². The molecule has 0 fully saturated rings. The maximum atomic E-state index is 4.24. The van der Waals surface area contributed by atoms with Crippen molar-refractivity contribution in [3.05, 3.63) is 0 Å². The highest BCUT2D eigenvalue weighted by atomic mass is 32.2. The highest BCUT2D eigenvalue weighted by Gasteiger charge is 2.03. The van der Waals surface area contributed by atoms with Crippen LogP contribution in [0.4, 0.5) is 0 Å². The van der Waals surface area contributed by atoms with E-state index in [1.165, 1.54) is 10.8 Å². The quantitative estimate of drug-likeness (QED) is 0.583. The Kier molecular flexibility index (Phi) is 2.36. The summed E-state index contributed by atoms with van der Waals surface area (Å²) < 4.78 is 0. The van der Waals surface area contributed by atoms with Crippen molar-refractivity contribution in [2.45, 2.75) is 0 Å². The van der Waals surface area contributed by atoms with Crippen LogP contribution in [0.25, 0.3) is 0 Å². The third kappa shape index (κ3) is 1.49. The molecule has 0 amide bonds. The molecule has 0 atom stereocenters. The van der Waals surface area contributed by atoms with Crippen LogP contribution in [0.1, 0.15) is 0 Å². The Morgan fingerprint density at radius 2 is 2.75 bits per heavy atom. The number of rotatable bonds is 2. The Morgan fingerprint density at radius 1 is 1.88 bits per heavy atom. The fraction of sp³-hybridized carbons (Fsp3) is 0.800. The Balaban J connectivity index is 2.23. The zero-order chi connectivity index (χ0) is 5.82. The van der Waals surface area contributed by atoms with Gasteiger partial charge in [-0.05, 0) is 7.05 Å². The van der Waals surface area contributed by atoms with Gasteiger partial charge in [-0.15, -0.1) is 11.8 Å². The predicted octanol–water partition coefficient (Wildman–Crippen LogP) is 0.351. The first-order chi connectivity index (χ1) is 3.93. The van der Waals surface area contributed by atoms with Crippen LogP contribution in [0.3, 0.4) is 0 Å². The zero-order valence-corrected chi connectivity index (χ0v) is 5.79. The van der Waals surface area contributed by atoms with Gasteiger partial charge in [0.05, 0.1) is 5.04 Å². The molecule has 46 valence electrons. The van der Waals surface area contributed by atoms with E-state index >= 15 is 0 Å². The van der Waals surface area contributed by atoms with Gasteiger partial charge in [-0.2, -0.15) is 0 Å². The molecular formula is C5H10N2S. The van der Waals surface area contributed by atoms with E-state index in [1.54, 1.807) is 0 Å². The second-order valence-electron chi connectivity index (χ2n) is 1.65. The Bertz CT molecular complexity index is 101. The summed E-state index contributed by atoms with van der Waals surface area (Å²) in [6.07, 6.45) is 0. The average Bonchev–Trinajstić information content (AvgIpc) is 2.19. The van der Waals surface area contributed by atoms with Crippen LogP contribution in [0.5, 0.6) is 0 Å². The van der Waals surface area contributed by atoms with Crippen LogP contribution < -0.4 is 5.32 Å². The molecule has 3 heteroatoms. The molecular weight excluding hydrogens is 120 g/mol. The first kappa shape index (κ1) is 6.11. The summed E-state index contributed by atoms with van der Waals surface area (Å²) in [7, 11) is 1.95. The molecule has 1 aliphatic heterocycles. The van der Waals surface area contributed by atoms with Crippen molar-refractivity contribution in [2.75, 3.05) is 25.9 Å². The number of nitrogens with zero attached hydrogens (tertiary/aromatic N) is 1. The average molecular weight is 130 g/mol. The molecule has 0 spiro atoms. The zero-order valence-electron chi connectivity index (χ0n) is 4.98. The second kappa shape index (κ2) is 3.10. The van der Waals surface area contributed by atoms with Crippen LogP contribution in [0, 0.1) is 0 Å². The third-order valence-electron chi connectivity index (χ3n) is 0.976. The van der Waals surface area contributed by atoms with Gasteiger partial charge in [0.25, 0.3) is 0 Å². The Morgan fingerprint density at radius 3 is 3.25 bits per heavy atom. The van der Waals surface area contributed by atoms with Crippen LogP contribution in [0.15, 0.2) is 4.99 Å². The fourth-order valence-corrected chi connectivity index (χ4v) is 1.48. The molecule has 1 aliphatic rings. The van der Waals surface area contributed by atoms with Gasteiger partial charge >= 0.3 is 0 Å². The van der Waals surface area contributed by atoms with Gasteiger partial charge < -0.3 is 5.32 Å². The molecule has 1 N–H and O–H groups in total. The van der Waals surface area contributed by atoms with Gasteiger partial charge in [0.15, 0.2) is 0 Å². The standard InChI is InChI=1S/C5H10N2S/c1-6-4-5-7-2-3-8-5/h6H,2-4H2,1H3. The van der Waals surface area contributed by atoms with Crippen molar-refractivity contribution in [3.8, 4) is 0 Å². The molecule has 2 nitrogen and oxygen atoms in total. The topological polar surface area (TPSA) is 24.4 Å². The summed E-state index contributed by atoms with van der Waals surface area (Å²) in [6.45, 7) is 1.96. The molecule has 0 aromatic carbocycles. The Labute approximate surface area is 53.8 Å². The van der Waals surface area contributed by atoms with E-state index in [9.17, 15) is 0 Å². The summed E-state index contributed by atoms with van der Waals surface area (Å²) >= 11 is 1.85. The monoisotopic (exact) mass is 130 g/mol. The highest BCUT2D eigenvalue weighted by molar-refractivity contribution is 8.14. The smallest absolute Gasteiger partial charge is 0.0815 e. The van der Waals surface area contributed by atoms with Crippen molar-refractivity contribution in [2.24, 2.45) is 4.99 Å². The van der Waals surface area contributed by atoms with Crippen molar-refractivity contribution in [1.82, 2.24) is 5.32 Å². The maximum Gasteiger partial charge on any atom is 0.0815 e. The molecule has 0 radical (unpaired) electrons. The van der Waals surface area contributed by atoms with E-state index in [4.69, 9.17) is 0 Å². The number of thioether (sulfide) groups is 1. The summed E-state index contributed by atoms with van der Waals surface area (Å²) in [4.78, 5) is 4.24. The normalized spacial score (nSPS) is 18.9. The third-order valence-corrected chi connectivity index (χ3v) is 1.97. The molecule has 0 aromatic heterocycles. The first-order valence-electron chi connectivity index (χ1n) is 2.74. The van der Waals surface area contributed by atoms with Gasteiger partial charge in [0.2, 0.25) is 0 Å². The van der Waals surface area contributed by atoms with E-state index in [0.717, 1.165) is 13.1 Å². The SMILES string of the molecule is CNCC1=NCCS1. The maximum absolute atomic E-state index is 4.24. The summed E-state index contributed by atoms with van der Waals surface area (Å²) in [6, 6.07) is 0. The summed E-state index contributed by atoms with van der Waals surface area (Å²) in [5.41, 5.74) is 0. The van der Waals surface area contributed by atoms with Crippen LogP contribution in [-0.4, -0.2) is 30.9 Å². The first-order valence-corrected chi connectivity index (χ1v) is 3.73. The second-order valence-corrected chi connectivity index (χ2v) is 2.82. The van der Waals surface area contributed by atoms with E-state index in [1.807, 2.05) is 18.8 Å². The number of aliphatic imine (C=N–C) groups is 1. The predicted molar refractivity (Wildman–Crippen MR) is 38.7 cm³/mol. The van der Waals surface area contributed by atoms with Crippen LogP contribution in [0.2, 0.25) is 0 Å². The van der Waals surface area contributed by atoms with Crippen LogP contribution in [-0.2, 0) is 0 Å². The van der Waals surface area contributed by atoms with Gasteiger partial charge in [0, 0.05) is 18.8 Å². The minimum Gasteiger partial charge on any atom is -0.314 e. The molecule has 0 aromatic rings. The molecule has 0 bridgehead atoms. The van der Waals surface area contributed by atoms with Crippen LogP contribution >= 0.6 is 11.8 Å². The van der Waals surface area contributed by atoms with E-state index in [0.29, 0.717) is 0 Å². The lowest BCUT2D eigenvalue weighted by atomic mass is 10.7. The fourth-order valence-electron chi connectivity index (χ4n) is 0.638. The van der Waals surface area contributed by atoms with Gasteiger partial charge in [-0.1, -0.05) is 0 Å². The molecule has 8 heavy (non-hydrogen) atoms. The minimum atomic E-state index is 0.949. The molecule has 0 saturated carbocycles. The van der Waals surface area contributed by atoms with Gasteiger partial charge in [0.1, 0.15) is 0 Å². The molecule has 0 aliphatic carbocycles. The van der Waals surface area contributed by atoms with Gasteiger partial charge in [-0.3, -0.25) is 4.99 Å². The number of hydrogen-bond acceptors (Lipinski definition) is 3. The lowest BCUT2D eigenvalue weighted by molar-refractivity contribution is 0.951. The lowest BCUT2D eigenvalue weighted by Gasteiger charge is -1.93.